The molecule has 6 heteroatoms. The minimum Gasteiger partial charge on any atom is -0.391 e. The number of rotatable bonds is 4. The maximum absolute atomic E-state index is 14.1. The van der Waals surface area contributed by atoms with Crippen molar-refractivity contribution in [1.82, 2.24) is 5.32 Å². The number of aliphatic hydroxyl groups excluding tert-OH is 1. The maximum Gasteiger partial charge on any atom is 0.178 e. The molecule has 3 unspecified atom stereocenters. The Bertz CT molecular complexity index is 866. The lowest BCUT2D eigenvalue weighted by Crippen LogP contribution is -2.31. The second kappa shape index (κ2) is 6.27. The number of benzene rings is 2. The summed E-state index contributed by atoms with van der Waals surface area (Å²) in [5.41, 5.74) is 2.79. The highest BCUT2D eigenvalue weighted by Gasteiger charge is 2.31. The summed E-state index contributed by atoms with van der Waals surface area (Å²) in [4.78, 5) is -0.301. The van der Waals surface area contributed by atoms with Crippen LogP contribution in [0.2, 0.25) is 0 Å². The molecule has 0 radical (unpaired) electrons. The van der Waals surface area contributed by atoms with Crippen LogP contribution in [0.1, 0.15) is 35.7 Å². The summed E-state index contributed by atoms with van der Waals surface area (Å²) in [7, 11) is -3.58. The van der Waals surface area contributed by atoms with Gasteiger partial charge in [-0.2, -0.15) is 0 Å². The fourth-order valence-corrected chi connectivity index (χ4v) is 3.96. The molecule has 1 aliphatic carbocycles. The molecule has 0 spiro atoms. The van der Waals surface area contributed by atoms with Gasteiger partial charge in [-0.05, 0) is 35.7 Å². The molecule has 4 nitrogen and oxygen atoms in total. The Hall–Kier alpha value is -1.76. The highest BCUT2D eigenvalue weighted by atomic mass is 32.2. The molecule has 0 bridgehead atoms. The molecule has 0 amide bonds. The second-order valence-electron chi connectivity index (χ2n) is 6.30. The predicted molar refractivity (Wildman–Crippen MR) is 90.0 cm³/mol. The lowest BCUT2D eigenvalue weighted by molar-refractivity contribution is 0.136. The van der Waals surface area contributed by atoms with Gasteiger partial charge < -0.3 is 10.4 Å². The van der Waals surface area contributed by atoms with Crippen molar-refractivity contribution in [2.24, 2.45) is 0 Å². The summed E-state index contributed by atoms with van der Waals surface area (Å²) in [6, 6.07) is 11.5. The van der Waals surface area contributed by atoms with Gasteiger partial charge in [-0.3, -0.25) is 0 Å². The van der Waals surface area contributed by atoms with Gasteiger partial charge >= 0.3 is 0 Å². The number of halogens is 1. The summed E-state index contributed by atoms with van der Waals surface area (Å²) >= 11 is 0. The average molecular weight is 349 g/mol. The smallest absolute Gasteiger partial charge is 0.178 e. The summed E-state index contributed by atoms with van der Waals surface area (Å²) in [6.45, 7) is 1.86. The molecule has 2 N–H and O–H groups in total. The Labute approximate surface area is 141 Å². The van der Waals surface area contributed by atoms with E-state index in [0.29, 0.717) is 12.0 Å². The lowest BCUT2D eigenvalue weighted by Gasteiger charge is -2.23. The summed E-state index contributed by atoms with van der Waals surface area (Å²) in [5.74, 6) is -0.754. The van der Waals surface area contributed by atoms with Crippen molar-refractivity contribution in [3.05, 3.63) is 65.0 Å². The minimum atomic E-state index is -3.58. The van der Waals surface area contributed by atoms with Gasteiger partial charge in [0.05, 0.1) is 12.1 Å². The fraction of sp³-hybridized carbons (Fsp3) is 0.333. The number of hydrogen-bond donors (Lipinski definition) is 2. The quantitative estimate of drug-likeness (QED) is 0.890. The molecule has 0 saturated carbocycles. The standard InChI is InChI=1S/C18H20FNO3S/c1-11(12-7-8-17(15(19)9-12)24(2,22)23)20-18-14-6-4-3-5-13(14)10-16(18)21/h3-9,11,16,18,20-21H,10H2,1-2H3. The van der Waals surface area contributed by atoms with Crippen LogP contribution in [0.4, 0.5) is 4.39 Å². The van der Waals surface area contributed by atoms with Gasteiger partial charge in [0, 0.05) is 18.7 Å². The van der Waals surface area contributed by atoms with Gasteiger partial charge in [0.25, 0.3) is 0 Å². The Balaban J connectivity index is 1.83. The third-order valence-corrected chi connectivity index (χ3v) is 5.62. The molecule has 24 heavy (non-hydrogen) atoms. The molecular weight excluding hydrogens is 329 g/mol. The minimum absolute atomic E-state index is 0.228. The van der Waals surface area contributed by atoms with Gasteiger partial charge in [-0.1, -0.05) is 30.3 Å². The van der Waals surface area contributed by atoms with Crippen LogP contribution in [0.3, 0.4) is 0 Å². The topological polar surface area (TPSA) is 66.4 Å². The lowest BCUT2D eigenvalue weighted by atomic mass is 10.0. The molecule has 2 aromatic rings. The number of nitrogens with one attached hydrogen (secondary N) is 1. The van der Waals surface area contributed by atoms with Crippen LogP contribution in [-0.4, -0.2) is 25.9 Å². The summed E-state index contributed by atoms with van der Waals surface area (Å²) in [6.07, 6.45) is 1.03. The Morgan fingerprint density at radius 1 is 1.25 bits per heavy atom. The molecule has 0 fully saturated rings. The molecule has 128 valence electrons. The molecule has 3 rings (SSSR count). The number of fused-ring (bicyclic) bond motifs is 1. The molecule has 0 aromatic heterocycles. The number of aliphatic hydroxyl groups is 1. The molecule has 0 heterocycles. The first-order chi connectivity index (χ1) is 11.3. The highest BCUT2D eigenvalue weighted by Crippen LogP contribution is 2.33. The van der Waals surface area contributed by atoms with Crippen molar-refractivity contribution >= 4 is 9.84 Å². The van der Waals surface area contributed by atoms with Crippen LogP contribution in [0.25, 0.3) is 0 Å². The zero-order valence-corrected chi connectivity index (χ0v) is 14.3. The first kappa shape index (κ1) is 17.1. The van der Waals surface area contributed by atoms with Crippen LogP contribution in [0, 0.1) is 5.82 Å². The summed E-state index contributed by atoms with van der Waals surface area (Å²) < 4.78 is 37.1. The van der Waals surface area contributed by atoms with Crippen LogP contribution in [-0.2, 0) is 16.3 Å². The van der Waals surface area contributed by atoms with Gasteiger partial charge in [0.15, 0.2) is 9.84 Å². The third kappa shape index (κ3) is 3.22. The van der Waals surface area contributed by atoms with E-state index in [0.717, 1.165) is 17.4 Å². The van der Waals surface area contributed by atoms with E-state index in [4.69, 9.17) is 0 Å². The van der Waals surface area contributed by atoms with E-state index >= 15 is 0 Å². The monoisotopic (exact) mass is 349 g/mol. The van der Waals surface area contributed by atoms with E-state index in [-0.39, 0.29) is 17.0 Å². The SMILES string of the molecule is CC(NC1c2ccccc2CC1O)c1ccc(S(C)(=O)=O)c(F)c1. The van der Waals surface area contributed by atoms with E-state index in [9.17, 15) is 17.9 Å². The van der Waals surface area contributed by atoms with E-state index in [1.54, 1.807) is 6.07 Å². The Morgan fingerprint density at radius 3 is 2.62 bits per heavy atom. The highest BCUT2D eigenvalue weighted by molar-refractivity contribution is 7.90. The van der Waals surface area contributed by atoms with Gasteiger partial charge in [-0.25, -0.2) is 12.8 Å². The zero-order chi connectivity index (χ0) is 17.5. The number of hydrogen-bond acceptors (Lipinski definition) is 4. The van der Waals surface area contributed by atoms with Gasteiger partial charge in [0.2, 0.25) is 0 Å². The molecule has 1 aliphatic rings. The number of sulfone groups is 1. The molecule has 2 aromatic carbocycles. The predicted octanol–water partition coefficient (Wildman–Crippen LogP) is 2.54. The molecule has 0 saturated heterocycles. The zero-order valence-electron chi connectivity index (χ0n) is 13.5. The average Bonchev–Trinajstić information content (AvgIpc) is 2.82. The van der Waals surface area contributed by atoms with Crippen molar-refractivity contribution < 1.29 is 17.9 Å². The van der Waals surface area contributed by atoms with Crippen molar-refractivity contribution in [1.29, 1.82) is 0 Å². The first-order valence-corrected chi connectivity index (χ1v) is 9.68. The molecule has 3 atom stereocenters. The van der Waals surface area contributed by atoms with Crippen molar-refractivity contribution in [3.63, 3.8) is 0 Å². The normalized spacial score (nSPS) is 21.5. The fourth-order valence-electron chi connectivity index (χ4n) is 3.23. The van der Waals surface area contributed by atoms with Crippen LogP contribution in [0.5, 0.6) is 0 Å². The largest absolute Gasteiger partial charge is 0.391 e. The van der Waals surface area contributed by atoms with Gasteiger partial charge in [0.1, 0.15) is 10.7 Å². The maximum atomic E-state index is 14.1. The van der Waals surface area contributed by atoms with Gasteiger partial charge in [-0.15, -0.1) is 0 Å². The van der Waals surface area contributed by atoms with Crippen LogP contribution < -0.4 is 5.32 Å². The Morgan fingerprint density at radius 2 is 1.96 bits per heavy atom. The second-order valence-corrected chi connectivity index (χ2v) is 8.28. The van der Waals surface area contributed by atoms with E-state index < -0.39 is 21.8 Å². The molecule has 0 aliphatic heterocycles. The van der Waals surface area contributed by atoms with Crippen LogP contribution >= 0.6 is 0 Å². The summed E-state index contributed by atoms with van der Waals surface area (Å²) in [5, 5.41) is 13.6. The first-order valence-electron chi connectivity index (χ1n) is 7.79. The van der Waals surface area contributed by atoms with E-state index in [1.807, 2.05) is 31.2 Å². The van der Waals surface area contributed by atoms with E-state index in [1.165, 1.54) is 12.1 Å². The molecular formula is C18H20FNO3S. The van der Waals surface area contributed by atoms with Crippen molar-refractivity contribution in [2.45, 2.75) is 36.4 Å². The van der Waals surface area contributed by atoms with Crippen molar-refractivity contribution in [3.8, 4) is 0 Å². The van der Waals surface area contributed by atoms with Crippen molar-refractivity contribution in [2.75, 3.05) is 6.26 Å². The Kier molecular flexibility index (Phi) is 4.46. The van der Waals surface area contributed by atoms with E-state index in [2.05, 4.69) is 5.32 Å². The van der Waals surface area contributed by atoms with Crippen LogP contribution in [0.15, 0.2) is 47.4 Å². The third-order valence-electron chi connectivity index (χ3n) is 4.49.